The van der Waals surface area contributed by atoms with Gasteiger partial charge in [0.05, 0.1) is 0 Å². The molecule has 1 saturated heterocycles. The first kappa shape index (κ1) is 19.8. The van der Waals surface area contributed by atoms with E-state index in [-0.39, 0.29) is 24.5 Å². The third kappa shape index (κ3) is 6.74. The molecule has 2 rings (SSSR count). The Morgan fingerprint density at radius 1 is 1.36 bits per heavy atom. The van der Waals surface area contributed by atoms with Crippen molar-refractivity contribution in [2.24, 2.45) is 0 Å². The van der Waals surface area contributed by atoms with Crippen LogP contribution in [0.15, 0.2) is 11.6 Å². The van der Waals surface area contributed by atoms with Gasteiger partial charge >= 0.3 is 6.09 Å². The molecule has 1 amide bonds. The standard InChI is InChI=1S/C18H28N2O4S/c1-18(2,3)24-17(22)20-10-5-4-7-14(20)8-6-11-23-13-15(21)16-19-9-12-25-16/h9,12,14H,4-8,10-11,13H2,1-3H3/t14-/m0/s1. The second-order valence-corrected chi connectivity index (χ2v) is 8.17. The number of aromatic nitrogens is 1. The second-order valence-electron chi connectivity index (χ2n) is 7.28. The fraction of sp³-hybridized carbons (Fsp3) is 0.722. The Labute approximate surface area is 153 Å². The molecule has 0 spiro atoms. The minimum atomic E-state index is -0.474. The molecule has 2 heterocycles. The summed E-state index contributed by atoms with van der Waals surface area (Å²) in [5.41, 5.74) is -0.474. The lowest BCUT2D eigenvalue weighted by Gasteiger charge is -2.36. The zero-order valence-corrected chi connectivity index (χ0v) is 16.1. The van der Waals surface area contributed by atoms with E-state index in [0.717, 1.165) is 38.6 Å². The first-order valence-electron chi connectivity index (χ1n) is 8.87. The van der Waals surface area contributed by atoms with Gasteiger partial charge in [0, 0.05) is 30.8 Å². The molecule has 1 aromatic rings. The number of thiazole rings is 1. The molecule has 140 valence electrons. The van der Waals surface area contributed by atoms with Crippen LogP contribution >= 0.6 is 11.3 Å². The number of hydrogen-bond donors (Lipinski definition) is 0. The van der Waals surface area contributed by atoms with Crippen LogP contribution in [-0.4, -0.2) is 53.2 Å². The minimum absolute atomic E-state index is 0.0635. The Morgan fingerprint density at radius 2 is 2.16 bits per heavy atom. The number of ketones is 1. The average Bonchev–Trinajstić information content (AvgIpc) is 3.07. The van der Waals surface area contributed by atoms with Gasteiger partial charge in [0.1, 0.15) is 12.2 Å². The summed E-state index contributed by atoms with van der Waals surface area (Å²) in [5.74, 6) is -0.0805. The molecule has 6 nitrogen and oxygen atoms in total. The van der Waals surface area contributed by atoms with Crippen LogP contribution in [0.5, 0.6) is 0 Å². The van der Waals surface area contributed by atoms with E-state index >= 15 is 0 Å². The predicted octanol–water partition coefficient (Wildman–Crippen LogP) is 3.91. The Morgan fingerprint density at radius 3 is 2.84 bits per heavy atom. The topological polar surface area (TPSA) is 68.7 Å². The van der Waals surface area contributed by atoms with Gasteiger partial charge in [-0.3, -0.25) is 4.79 Å². The molecular formula is C18H28N2O4S. The normalized spacial score (nSPS) is 18.2. The average molecular weight is 368 g/mol. The molecule has 1 aliphatic rings. The van der Waals surface area contributed by atoms with Crippen molar-refractivity contribution in [2.75, 3.05) is 19.8 Å². The Kier molecular flexibility index (Phi) is 7.38. The van der Waals surface area contributed by atoms with Gasteiger partial charge in [0.25, 0.3) is 0 Å². The van der Waals surface area contributed by atoms with E-state index in [1.165, 1.54) is 11.3 Å². The highest BCUT2D eigenvalue weighted by molar-refractivity contribution is 7.11. The number of amides is 1. The van der Waals surface area contributed by atoms with Crippen molar-refractivity contribution in [3.05, 3.63) is 16.6 Å². The molecule has 0 unspecified atom stereocenters. The summed E-state index contributed by atoms with van der Waals surface area (Å²) in [6.07, 6.45) is 6.22. The zero-order valence-electron chi connectivity index (χ0n) is 15.3. The Hall–Kier alpha value is -1.47. The van der Waals surface area contributed by atoms with Crippen molar-refractivity contribution in [3.63, 3.8) is 0 Å². The number of hydrogen-bond acceptors (Lipinski definition) is 6. The predicted molar refractivity (Wildman–Crippen MR) is 97.1 cm³/mol. The molecule has 25 heavy (non-hydrogen) atoms. The van der Waals surface area contributed by atoms with Gasteiger partial charge in [0.2, 0.25) is 5.78 Å². The first-order valence-corrected chi connectivity index (χ1v) is 9.75. The van der Waals surface area contributed by atoms with E-state index in [0.29, 0.717) is 11.6 Å². The van der Waals surface area contributed by atoms with E-state index in [1.54, 1.807) is 11.6 Å². The van der Waals surface area contributed by atoms with Crippen molar-refractivity contribution < 1.29 is 19.1 Å². The van der Waals surface area contributed by atoms with Crippen LogP contribution in [0, 0.1) is 0 Å². The summed E-state index contributed by atoms with van der Waals surface area (Å²) in [5, 5.41) is 2.27. The van der Waals surface area contributed by atoms with Gasteiger partial charge in [-0.15, -0.1) is 11.3 Å². The molecule has 7 heteroatoms. The lowest BCUT2D eigenvalue weighted by molar-refractivity contribution is 0.00760. The molecule has 1 aliphatic heterocycles. The number of rotatable bonds is 7. The van der Waals surface area contributed by atoms with E-state index in [4.69, 9.17) is 9.47 Å². The smallest absolute Gasteiger partial charge is 0.410 e. The van der Waals surface area contributed by atoms with Crippen LogP contribution in [-0.2, 0) is 9.47 Å². The molecule has 0 radical (unpaired) electrons. The van der Waals surface area contributed by atoms with Crippen LogP contribution in [0.4, 0.5) is 4.79 Å². The van der Waals surface area contributed by atoms with Crippen LogP contribution in [0.1, 0.15) is 62.7 Å². The quantitative estimate of drug-likeness (QED) is 0.539. The van der Waals surface area contributed by atoms with Gasteiger partial charge in [-0.25, -0.2) is 9.78 Å². The summed E-state index contributed by atoms with van der Waals surface area (Å²) in [6.45, 7) is 6.98. The van der Waals surface area contributed by atoms with Gasteiger partial charge in [-0.05, 0) is 52.9 Å². The summed E-state index contributed by atoms with van der Waals surface area (Å²) in [4.78, 5) is 30.0. The maximum absolute atomic E-state index is 12.4. The van der Waals surface area contributed by atoms with Crippen molar-refractivity contribution in [3.8, 4) is 0 Å². The largest absolute Gasteiger partial charge is 0.444 e. The number of carbonyl (C=O) groups excluding carboxylic acids is 2. The number of piperidine rings is 1. The van der Waals surface area contributed by atoms with Crippen LogP contribution in [0.3, 0.4) is 0 Å². The molecule has 0 aromatic carbocycles. The highest BCUT2D eigenvalue weighted by Crippen LogP contribution is 2.23. The van der Waals surface area contributed by atoms with E-state index in [1.807, 2.05) is 25.7 Å². The number of Topliss-reactive ketones (excluding diaryl/α,β-unsaturated/α-hetero) is 1. The summed E-state index contributed by atoms with van der Waals surface area (Å²) < 4.78 is 11.0. The SMILES string of the molecule is CC(C)(C)OC(=O)N1CCCC[C@H]1CCCOCC(=O)c1nccs1. The monoisotopic (exact) mass is 368 g/mol. The summed E-state index contributed by atoms with van der Waals surface area (Å²) in [7, 11) is 0. The third-order valence-corrected chi connectivity index (χ3v) is 4.80. The third-order valence-electron chi connectivity index (χ3n) is 3.99. The van der Waals surface area contributed by atoms with Crippen LogP contribution < -0.4 is 0 Å². The number of likely N-dealkylation sites (tertiary alicyclic amines) is 1. The van der Waals surface area contributed by atoms with E-state index in [2.05, 4.69) is 4.98 Å². The van der Waals surface area contributed by atoms with Crippen molar-refractivity contribution in [1.29, 1.82) is 0 Å². The van der Waals surface area contributed by atoms with Crippen molar-refractivity contribution in [2.45, 2.75) is 64.5 Å². The molecule has 0 bridgehead atoms. The van der Waals surface area contributed by atoms with Gasteiger partial charge in [-0.2, -0.15) is 0 Å². The lowest BCUT2D eigenvalue weighted by atomic mass is 9.98. The first-order chi connectivity index (χ1) is 11.9. The zero-order chi connectivity index (χ0) is 18.3. The van der Waals surface area contributed by atoms with Gasteiger partial charge in [-0.1, -0.05) is 0 Å². The number of carbonyl (C=O) groups is 2. The van der Waals surface area contributed by atoms with Crippen LogP contribution in [0.2, 0.25) is 0 Å². The van der Waals surface area contributed by atoms with E-state index in [9.17, 15) is 9.59 Å². The van der Waals surface area contributed by atoms with Crippen molar-refractivity contribution >= 4 is 23.2 Å². The maximum Gasteiger partial charge on any atom is 0.410 e. The minimum Gasteiger partial charge on any atom is -0.444 e. The number of nitrogens with zero attached hydrogens (tertiary/aromatic N) is 2. The van der Waals surface area contributed by atoms with Crippen LogP contribution in [0.25, 0.3) is 0 Å². The molecule has 0 aliphatic carbocycles. The lowest BCUT2D eigenvalue weighted by Crippen LogP contribution is -2.46. The molecule has 0 N–H and O–H groups in total. The Balaban J connectivity index is 1.70. The highest BCUT2D eigenvalue weighted by atomic mass is 32.1. The van der Waals surface area contributed by atoms with Crippen molar-refractivity contribution in [1.82, 2.24) is 9.88 Å². The maximum atomic E-state index is 12.4. The molecule has 1 atom stereocenters. The molecule has 1 aromatic heterocycles. The summed E-state index contributed by atoms with van der Waals surface area (Å²) in [6, 6.07) is 0.196. The number of ether oxygens (including phenoxy) is 2. The summed E-state index contributed by atoms with van der Waals surface area (Å²) >= 11 is 1.33. The molecular weight excluding hydrogens is 340 g/mol. The Bertz CT molecular complexity index is 554. The second kappa shape index (κ2) is 9.29. The fourth-order valence-corrected chi connectivity index (χ4v) is 3.43. The molecule has 0 saturated carbocycles. The fourth-order valence-electron chi connectivity index (χ4n) is 2.87. The van der Waals surface area contributed by atoms with Gasteiger partial charge in [0.15, 0.2) is 5.01 Å². The molecule has 1 fully saturated rings. The van der Waals surface area contributed by atoms with E-state index < -0.39 is 5.60 Å². The van der Waals surface area contributed by atoms with Gasteiger partial charge < -0.3 is 14.4 Å². The highest BCUT2D eigenvalue weighted by Gasteiger charge is 2.30.